The molecule has 8 nitrogen and oxygen atoms in total. The van der Waals surface area contributed by atoms with Gasteiger partial charge in [0.1, 0.15) is 5.75 Å². The molecule has 0 aliphatic heterocycles. The molecule has 0 saturated heterocycles. The topological polar surface area (TPSA) is 98.2 Å². The number of carbonyl (C=O) groups is 2. The monoisotopic (exact) mass is 385 g/mol. The minimum absolute atomic E-state index is 0.220. The van der Waals surface area contributed by atoms with Crippen molar-refractivity contribution in [1.29, 1.82) is 0 Å². The van der Waals surface area contributed by atoms with Gasteiger partial charge in [0.05, 0.1) is 34.1 Å². The molecule has 28 heavy (non-hydrogen) atoms. The second-order valence-corrected chi connectivity index (χ2v) is 5.77. The van der Waals surface area contributed by atoms with Gasteiger partial charge in [-0.05, 0) is 42.3 Å². The summed E-state index contributed by atoms with van der Waals surface area (Å²) >= 11 is 0. The molecule has 2 N–H and O–H groups in total. The van der Waals surface area contributed by atoms with Gasteiger partial charge >= 0.3 is 0 Å². The number of amides is 2. The smallest absolute Gasteiger partial charge is 0.259 e. The van der Waals surface area contributed by atoms with Gasteiger partial charge in [-0.25, -0.2) is 5.43 Å². The molecule has 2 amide bonds. The first kappa shape index (κ1) is 20.8. The molecule has 0 heterocycles. The Balaban J connectivity index is 1.87. The molecule has 0 radical (unpaired) electrons. The van der Waals surface area contributed by atoms with Crippen molar-refractivity contribution in [2.45, 2.75) is 6.92 Å². The fraction of sp³-hybridized carbons (Fsp3) is 0.250. The first-order valence-electron chi connectivity index (χ1n) is 8.45. The van der Waals surface area contributed by atoms with Crippen LogP contribution in [0.25, 0.3) is 0 Å². The van der Waals surface area contributed by atoms with Crippen molar-refractivity contribution in [3.63, 3.8) is 0 Å². The summed E-state index contributed by atoms with van der Waals surface area (Å²) in [7, 11) is 4.58. The highest BCUT2D eigenvalue weighted by Crippen LogP contribution is 2.27. The highest BCUT2D eigenvalue weighted by atomic mass is 16.5. The Hall–Kier alpha value is -3.55. The predicted octanol–water partition coefficient (Wildman–Crippen LogP) is 1.90. The predicted molar refractivity (Wildman–Crippen MR) is 105 cm³/mol. The molecule has 2 rings (SSSR count). The summed E-state index contributed by atoms with van der Waals surface area (Å²) in [6.07, 6.45) is 1.50. The molecule has 0 atom stereocenters. The van der Waals surface area contributed by atoms with E-state index in [4.69, 9.17) is 14.2 Å². The number of hydrogen-bond acceptors (Lipinski definition) is 6. The number of carbonyl (C=O) groups excluding carboxylic acids is 2. The maximum Gasteiger partial charge on any atom is 0.259 e. The average Bonchev–Trinajstić information content (AvgIpc) is 2.72. The van der Waals surface area contributed by atoms with Crippen molar-refractivity contribution in [1.82, 2.24) is 10.7 Å². The van der Waals surface area contributed by atoms with Crippen LogP contribution in [0, 0.1) is 6.92 Å². The molecular formula is C20H23N3O5. The highest BCUT2D eigenvalue weighted by Gasteiger charge is 2.11. The summed E-state index contributed by atoms with van der Waals surface area (Å²) in [6.45, 7) is 1.71. The summed E-state index contributed by atoms with van der Waals surface area (Å²) in [4.78, 5) is 24.0. The molecule has 2 aromatic rings. The van der Waals surface area contributed by atoms with Crippen molar-refractivity contribution < 1.29 is 23.8 Å². The highest BCUT2D eigenvalue weighted by molar-refractivity contribution is 5.97. The van der Waals surface area contributed by atoms with Crippen LogP contribution in [0.15, 0.2) is 41.5 Å². The number of hydrogen-bond donors (Lipinski definition) is 2. The lowest BCUT2D eigenvalue weighted by Gasteiger charge is -2.09. The Morgan fingerprint density at radius 2 is 1.68 bits per heavy atom. The first-order chi connectivity index (χ1) is 13.5. The van der Waals surface area contributed by atoms with E-state index in [9.17, 15) is 9.59 Å². The zero-order chi connectivity index (χ0) is 20.5. The van der Waals surface area contributed by atoms with Gasteiger partial charge in [-0.15, -0.1) is 0 Å². The normalized spacial score (nSPS) is 10.4. The van der Waals surface area contributed by atoms with Crippen LogP contribution < -0.4 is 25.0 Å². The maximum absolute atomic E-state index is 12.2. The lowest BCUT2D eigenvalue weighted by atomic mass is 10.1. The van der Waals surface area contributed by atoms with Crippen molar-refractivity contribution in [2.75, 3.05) is 27.9 Å². The van der Waals surface area contributed by atoms with Gasteiger partial charge in [-0.3, -0.25) is 9.59 Å². The number of benzene rings is 2. The molecule has 2 aromatic carbocycles. The second-order valence-electron chi connectivity index (χ2n) is 5.77. The van der Waals surface area contributed by atoms with E-state index in [0.717, 1.165) is 16.9 Å². The van der Waals surface area contributed by atoms with Gasteiger partial charge in [0.25, 0.3) is 11.8 Å². The van der Waals surface area contributed by atoms with Gasteiger partial charge in [0, 0.05) is 5.56 Å². The van der Waals surface area contributed by atoms with Crippen LogP contribution in [0.5, 0.6) is 17.2 Å². The van der Waals surface area contributed by atoms with Gasteiger partial charge in [0.2, 0.25) is 0 Å². The van der Waals surface area contributed by atoms with E-state index in [1.807, 2.05) is 25.1 Å². The molecule has 0 aromatic heterocycles. The molecule has 0 bridgehead atoms. The van der Waals surface area contributed by atoms with E-state index in [2.05, 4.69) is 15.8 Å². The summed E-state index contributed by atoms with van der Waals surface area (Å²) < 4.78 is 15.5. The lowest BCUT2D eigenvalue weighted by Crippen LogP contribution is -2.34. The van der Waals surface area contributed by atoms with Crippen LogP contribution in [0.1, 0.15) is 21.5 Å². The number of nitrogens with one attached hydrogen (secondary N) is 2. The van der Waals surface area contributed by atoms with E-state index < -0.39 is 11.8 Å². The van der Waals surface area contributed by atoms with E-state index >= 15 is 0 Å². The quantitative estimate of drug-likeness (QED) is 0.534. The van der Waals surface area contributed by atoms with E-state index in [0.29, 0.717) is 17.1 Å². The molecule has 8 heteroatoms. The molecule has 0 saturated carbocycles. The standard InChI is InChI=1S/C20H23N3O5/c1-13-5-6-14(9-17(13)27-3)11-22-23-19(24)12-21-20(25)15-7-8-16(26-2)18(10-15)28-4/h5-11H,12H2,1-4H3,(H,21,25)(H,23,24)/b22-11-. The minimum atomic E-state index is -0.454. The number of methoxy groups -OCH3 is 3. The molecular weight excluding hydrogens is 362 g/mol. The molecule has 0 fully saturated rings. The third-order valence-corrected chi connectivity index (χ3v) is 3.89. The summed E-state index contributed by atoms with van der Waals surface area (Å²) in [5.41, 5.74) is 4.49. The van der Waals surface area contributed by atoms with Crippen LogP contribution in [0.4, 0.5) is 0 Å². The Morgan fingerprint density at radius 1 is 0.964 bits per heavy atom. The number of nitrogens with zero attached hydrogens (tertiary/aromatic N) is 1. The van der Waals surface area contributed by atoms with Crippen LogP contribution in [0.3, 0.4) is 0 Å². The lowest BCUT2D eigenvalue weighted by molar-refractivity contribution is -0.120. The summed E-state index contributed by atoms with van der Waals surface area (Å²) in [5.74, 6) is 0.807. The summed E-state index contributed by atoms with van der Waals surface area (Å²) in [6, 6.07) is 10.3. The third-order valence-electron chi connectivity index (χ3n) is 3.89. The Kier molecular flexibility index (Phi) is 7.38. The van der Waals surface area contributed by atoms with Gasteiger partial charge in [-0.2, -0.15) is 5.10 Å². The third kappa shape index (κ3) is 5.47. The van der Waals surface area contributed by atoms with Crippen molar-refractivity contribution in [3.8, 4) is 17.2 Å². The fourth-order valence-corrected chi connectivity index (χ4v) is 2.38. The van der Waals surface area contributed by atoms with E-state index in [-0.39, 0.29) is 6.54 Å². The van der Waals surface area contributed by atoms with Crippen LogP contribution in [-0.2, 0) is 4.79 Å². The first-order valence-corrected chi connectivity index (χ1v) is 8.45. The van der Waals surface area contributed by atoms with E-state index in [1.165, 1.54) is 26.5 Å². The van der Waals surface area contributed by atoms with Gasteiger partial charge in [-0.1, -0.05) is 12.1 Å². The SMILES string of the molecule is COc1cc(/C=N\NC(=O)CNC(=O)c2ccc(OC)c(OC)c2)ccc1C. The largest absolute Gasteiger partial charge is 0.496 e. The van der Waals surface area contributed by atoms with E-state index in [1.54, 1.807) is 19.2 Å². The fourth-order valence-electron chi connectivity index (χ4n) is 2.38. The maximum atomic E-state index is 12.2. The minimum Gasteiger partial charge on any atom is -0.496 e. The zero-order valence-electron chi connectivity index (χ0n) is 16.2. The summed E-state index contributed by atoms with van der Waals surface area (Å²) in [5, 5.41) is 6.40. The average molecular weight is 385 g/mol. The Labute approximate surface area is 163 Å². The number of ether oxygens (including phenoxy) is 3. The van der Waals surface area contributed by atoms with Crippen LogP contribution in [-0.4, -0.2) is 45.9 Å². The number of aryl methyl sites for hydroxylation is 1. The Bertz CT molecular complexity index is 880. The Morgan fingerprint density at radius 3 is 2.36 bits per heavy atom. The number of rotatable bonds is 8. The van der Waals surface area contributed by atoms with Gasteiger partial charge in [0.15, 0.2) is 11.5 Å². The molecule has 0 spiro atoms. The number of hydrazone groups is 1. The molecule has 0 aliphatic rings. The van der Waals surface area contributed by atoms with Crippen molar-refractivity contribution in [2.24, 2.45) is 5.10 Å². The second kappa shape index (κ2) is 9.96. The van der Waals surface area contributed by atoms with Crippen molar-refractivity contribution >= 4 is 18.0 Å². The van der Waals surface area contributed by atoms with Gasteiger partial charge < -0.3 is 19.5 Å². The molecule has 148 valence electrons. The molecule has 0 unspecified atom stereocenters. The zero-order valence-corrected chi connectivity index (χ0v) is 16.2. The van der Waals surface area contributed by atoms with Crippen LogP contribution in [0.2, 0.25) is 0 Å². The molecule has 0 aliphatic carbocycles. The van der Waals surface area contributed by atoms with Crippen molar-refractivity contribution in [3.05, 3.63) is 53.1 Å². The van der Waals surface area contributed by atoms with Crippen LogP contribution >= 0.6 is 0 Å².